The van der Waals surface area contributed by atoms with Crippen LogP contribution in [0.3, 0.4) is 0 Å². The zero-order chi connectivity index (χ0) is 15.6. The van der Waals surface area contributed by atoms with Crippen LogP contribution in [0.2, 0.25) is 0 Å². The van der Waals surface area contributed by atoms with Gasteiger partial charge >= 0.3 is 0 Å². The molecule has 2 amide bonds. The van der Waals surface area contributed by atoms with Gasteiger partial charge in [0.1, 0.15) is 11.4 Å². The Morgan fingerprint density at radius 3 is 2.29 bits per heavy atom. The van der Waals surface area contributed by atoms with Crippen molar-refractivity contribution in [3.8, 4) is 16.9 Å². The Morgan fingerprint density at radius 1 is 1.05 bits per heavy atom. The van der Waals surface area contributed by atoms with E-state index >= 15 is 0 Å². The number of aromatic hydroxyl groups is 1. The minimum atomic E-state index is -0.770. The van der Waals surface area contributed by atoms with E-state index in [0.29, 0.717) is 0 Å². The number of nitrogens with zero attached hydrogens (tertiary/aromatic N) is 1. The molecule has 0 saturated heterocycles. The molecule has 0 fully saturated rings. The topological polar surface area (TPSA) is 136 Å². The van der Waals surface area contributed by atoms with Crippen LogP contribution in [0.15, 0.2) is 41.6 Å². The smallest absolute Gasteiger partial charge is 0.249 e. The predicted molar refractivity (Wildman–Crippen MR) is 76.0 cm³/mol. The molecule has 0 heterocycles. The first-order chi connectivity index (χ1) is 9.95. The standard InChI is InChI=1S/C14H11N3O4/c15-13(19)7-4-5-8(11(18)6-7)12-9(14(16)20)2-1-3-10(12)17-21/h1-6,18H,(H2,15,19)(H2,16,20). The number of amides is 2. The molecule has 0 aliphatic rings. The lowest BCUT2D eigenvalue weighted by molar-refractivity contribution is 0.0991. The van der Waals surface area contributed by atoms with Gasteiger partial charge in [-0.05, 0) is 35.5 Å². The number of hydrogen-bond donors (Lipinski definition) is 3. The molecule has 0 unspecified atom stereocenters. The number of benzene rings is 2. The maximum Gasteiger partial charge on any atom is 0.249 e. The molecule has 0 aromatic heterocycles. The van der Waals surface area contributed by atoms with Crippen LogP contribution in [0.4, 0.5) is 5.69 Å². The van der Waals surface area contributed by atoms with Gasteiger partial charge in [0, 0.05) is 22.3 Å². The minimum absolute atomic E-state index is 0.0363. The molecule has 0 spiro atoms. The van der Waals surface area contributed by atoms with Crippen LogP contribution >= 0.6 is 0 Å². The second-order valence-corrected chi connectivity index (χ2v) is 4.25. The van der Waals surface area contributed by atoms with E-state index in [1.807, 2.05) is 0 Å². The van der Waals surface area contributed by atoms with Crippen molar-refractivity contribution >= 4 is 17.5 Å². The average Bonchev–Trinajstić information content (AvgIpc) is 2.46. The molecular weight excluding hydrogens is 274 g/mol. The Bertz CT molecular complexity index is 756. The SMILES string of the molecule is NC(=O)c1ccc(-c2c(N=O)cccc2C(N)=O)c(O)c1. The van der Waals surface area contributed by atoms with Crippen LogP contribution in [-0.2, 0) is 0 Å². The molecule has 0 aliphatic heterocycles. The van der Waals surface area contributed by atoms with Gasteiger partial charge < -0.3 is 16.6 Å². The molecule has 106 valence electrons. The fraction of sp³-hybridized carbons (Fsp3) is 0. The maximum atomic E-state index is 11.5. The number of nitroso groups, excluding NO2 is 1. The van der Waals surface area contributed by atoms with E-state index in [0.717, 1.165) is 6.07 Å². The number of phenolic OH excluding ortho intramolecular Hbond substituents is 1. The van der Waals surface area contributed by atoms with Gasteiger partial charge in [0.25, 0.3) is 0 Å². The van der Waals surface area contributed by atoms with Crippen molar-refractivity contribution in [3.05, 3.63) is 52.4 Å². The van der Waals surface area contributed by atoms with E-state index < -0.39 is 11.8 Å². The van der Waals surface area contributed by atoms with Gasteiger partial charge in [-0.15, -0.1) is 4.91 Å². The molecule has 7 heteroatoms. The number of primary amides is 2. The highest BCUT2D eigenvalue weighted by molar-refractivity contribution is 6.04. The third kappa shape index (κ3) is 2.57. The van der Waals surface area contributed by atoms with Crippen molar-refractivity contribution in [2.24, 2.45) is 16.6 Å². The van der Waals surface area contributed by atoms with E-state index in [1.165, 1.54) is 30.3 Å². The second-order valence-electron chi connectivity index (χ2n) is 4.25. The molecule has 0 bridgehead atoms. The van der Waals surface area contributed by atoms with Crippen LogP contribution in [0, 0.1) is 4.91 Å². The molecule has 0 aliphatic carbocycles. The number of phenols is 1. The van der Waals surface area contributed by atoms with Crippen LogP contribution in [0.1, 0.15) is 20.7 Å². The van der Waals surface area contributed by atoms with Crippen LogP contribution in [-0.4, -0.2) is 16.9 Å². The molecule has 5 N–H and O–H groups in total. The number of carbonyl (C=O) groups excluding carboxylic acids is 2. The van der Waals surface area contributed by atoms with Gasteiger partial charge in [-0.25, -0.2) is 0 Å². The third-order valence-corrected chi connectivity index (χ3v) is 2.96. The van der Waals surface area contributed by atoms with Crippen molar-refractivity contribution in [2.75, 3.05) is 0 Å². The van der Waals surface area contributed by atoms with Gasteiger partial charge in [-0.2, -0.15) is 0 Å². The maximum absolute atomic E-state index is 11.5. The van der Waals surface area contributed by atoms with Crippen LogP contribution < -0.4 is 11.5 Å². The minimum Gasteiger partial charge on any atom is -0.507 e. The number of nitrogens with two attached hydrogens (primary N) is 2. The van der Waals surface area contributed by atoms with Crippen LogP contribution in [0.25, 0.3) is 11.1 Å². The number of rotatable bonds is 4. The fourth-order valence-electron chi connectivity index (χ4n) is 2.00. The largest absolute Gasteiger partial charge is 0.507 e. The van der Waals surface area contributed by atoms with Gasteiger partial charge in [0.05, 0.1) is 0 Å². The van der Waals surface area contributed by atoms with Crippen molar-refractivity contribution in [1.82, 2.24) is 0 Å². The van der Waals surface area contributed by atoms with Gasteiger partial charge in [0.15, 0.2) is 0 Å². The van der Waals surface area contributed by atoms with E-state index in [1.54, 1.807) is 0 Å². The highest BCUT2D eigenvalue weighted by Gasteiger charge is 2.18. The van der Waals surface area contributed by atoms with Crippen molar-refractivity contribution < 1.29 is 14.7 Å². The number of hydrogen-bond acceptors (Lipinski definition) is 5. The lowest BCUT2D eigenvalue weighted by Crippen LogP contribution is -2.13. The van der Waals surface area contributed by atoms with E-state index in [4.69, 9.17) is 11.5 Å². The Balaban J connectivity index is 2.74. The quantitative estimate of drug-likeness (QED) is 0.735. The Hall–Kier alpha value is -3.22. The Labute approximate surface area is 119 Å². The van der Waals surface area contributed by atoms with Crippen LogP contribution in [0.5, 0.6) is 5.75 Å². The highest BCUT2D eigenvalue weighted by Crippen LogP contribution is 2.38. The second kappa shape index (κ2) is 5.41. The summed E-state index contributed by atoms with van der Waals surface area (Å²) in [5.74, 6) is -1.80. The molecular formula is C14H11N3O4. The van der Waals surface area contributed by atoms with E-state index in [-0.39, 0.29) is 33.7 Å². The summed E-state index contributed by atoms with van der Waals surface area (Å²) in [5.41, 5.74) is 10.7. The van der Waals surface area contributed by atoms with Crippen molar-refractivity contribution in [2.45, 2.75) is 0 Å². The zero-order valence-corrected chi connectivity index (χ0v) is 10.7. The van der Waals surface area contributed by atoms with Crippen molar-refractivity contribution in [3.63, 3.8) is 0 Å². The fourth-order valence-corrected chi connectivity index (χ4v) is 2.00. The first-order valence-corrected chi connectivity index (χ1v) is 5.85. The summed E-state index contributed by atoms with van der Waals surface area (Å²) in [6, 6.07) is 8.12. The first kappa shape index (κ1) is 14.2. The lowest BCUT2D eigenvalue weighted by atomic mass is 9.95. The molecule has 2 aromatic rings. The lowest BCUT2D eigenvalue weighted by Gasteiger charge is -2.11. The average molecular weight is 285 g/mol. The highest BCUT2D eigenvalue weighted by atomic mass is 16.3. The number of carbonyl (C=O) groups is 2. The summed E-state index contributed by atoms with van der Waals surface area (Å²) in [4.78, 5) is 33.4. The van der Waals surface area contributed by atoms with Gasteiger partial charge in [-0.3, -0.25) is 9.59 Å². The summed E-state index contributed by atoms with van der Waals surface area (Å²) in [7, 11) is 0. The molecule has 7 nitrogen and oxygen atoms in total. The summed E-state index contributed by atoms with van der Waals surface area (Å²) in [6.45, 7) is 0. The Morgan fingerprint density at radius 2 is 1.76 bits per heavy atom. The normalized spacial score (nSPS) is 10.1. The molecule has 0 atom stereocenters. The molecule has 21 heavy (non-hydrogen) atoms. The molecule has 0 radical (unpaired) electrons. The summed E-state index contributed by atoms with van der Waals surface area (Å²) in [6.07, 6.45) is 0. The third-order valence-electron chi connectivity index (χ3n) is 2.96. The van der Waals surface area contributed by atoms with E-state index in [9.17, 15) is 19.6 Å². The summed E-state index contributed by atoms with van der Waals surface area (Å²) >= 11 is 0. The van der Waals surface area contributed by atoms with E-state index in [2.05, 4.69) is 5.18 Å². The van der Waals surface area contributed by atoms with Crippen molar-refractivity contribution in [1.29, 1.82) is 0 Å². The summed E-state index contributed by atoms with van der Waals surface area (Å²) in [5, 5.41) is 12.8. The molecule has 0 saturated carbocycles. The summed E-state index contributed by atoms with van der Waals surface area (Å²) < 4.78 is 0. The first-order valence-electron chi connectivity index (χ1n) is 5.85. The zero-order valence-electron chi connectivity index (χ0n) is 10.7. The molecule has 2 rings (SSSR count). The predicted octanol–water partition coefficient (Wildman–Crippen LogP) is 1.65. The van der Waals surface area contributed by atoms with Gasteiger partial charge in [0.2, 0.25) is 11.8 Å². The van der Waals surface area contributed by atoms with Gasteiger partial charge in [-0.1, -0.05) is 6.07 Å². The Kier molecular flexibility index (Phi) is 3.66. The monoisotopic (exact) mass is 285 g/mol. The molecule has 2 aromatic carbocycles.